The lowest BCUT2D eigenvalue weighted by molar-refractivity contribution is -0.389. The number of carbonyl (C=O) groups is 1. The van der Waals surface area contributed by atoms with Gasteiger partial charge in [-0.2, -0.15) is 0 Å². The molecule has 0 N–H and O–H groups in total. The van der Waals surface area contributed by atoms with Crippen molar-refractivity contribution in [2.75, 3.05) is 7.11 Å². The summed E-state index contributed by atoms with van der Waals surface area (Å²) in [5.74, 6) is -0.766. The first-order chi connectivity index (χ1) is 6.56. The van der Waals surface area contributed by atoms with E-state index in [-0.39, 0.29) is 5.82 Å². The Morgan fingerprint density at radius 2 is 2.43 bits per heavy atom. The normalized spacial score (nSPS) is 12.1. The molecule has 0 bridgehead atoms. The summed E-state index contributed by atoms with van der Waals surface area (Å²) in [4.78, 5) is 24.2. The van der Waals surface area contributed by atoms with Crippen LogP contribution in [0.4, 0.5) is 5.82 Å². The van der Waals surface area contributed by atoms with Gasteiger partial charge in [0.2, 0.25) is 6.33 Å². The van der Waals surface area contributed by atoms with Crippen LogP contribution in [0.2, 0.25) is 0 Å². The molecule has 0 fully saturated rings. The van der Waals surface area contributed by atoms with Gasteiger partial charge in [-0.15, -0.1) is 0 Å². The number of ether oxygens (including phenoxy) is 1. The Bertz CT molecular complexity index is 360. The number of nitro groups is 1. The Hall–Kier alpha value is -1.92. The number of nitrogens with zero attached hydrogens (tertiary/aromatic N) is 3. The SMILES string of the molecule is COC(=O)C(C)n1cnc([N+](=O)[O-])c1. The van der Waals surface area contributed by atoms with Crippen molar-refractivity contribution in [3.05, 3.63) is 22.6 Å². The predicted octanol–water partition coefficient (Wildman–Crippen LogP) is 0.525. The third-order valence-electron chi connectivity index (χ3n) is 1.76. The summed E-state index contributed by atoms with van der Waals surface area (Å²) >= 11 is 0. The molecule has 0 aromatic carbocycles. The van der Waals surface area contributed by atoms with Gasteiger partial charge in [0.1, 0.15) is 12.2 Å². The highest BCUT2D eigenvalue weighted by Crippen LogP contribution is 2.12. The number of methoxy groups -OCH3 is 1. The van der Waals surface area contributed by atoms with Crippen LogP contribution in [0.3, 0.4) is 0 Å². The molecule has 1 aromatic rings. The monoisotopic (exact) mass is 199 g/mol. The van der Waals surface area contributed by atoms with Crippen LogP contribution in [-0.4, -0.2) is 27.6 Å². The molecule has 1 heterocycles. The average molecular weight is 199 g/mol. The minimum absolute atomic E-state index is 0.291. The van der Waals surface area contributed by atoms with Crippen LogP contribution in [0.15, 0.2) is 12.5 Å². The van der Waals surface area contributed by atoms with Crippen molar-refractivity contribution in [1.29, 1.82) is 0 Å². The summed E-state index contributed by atoms with van der Waals surface area (Å²) in [6, 6.07) is -0.610. The van der Waals surface area contributed by atoms with E-state index >= 15 is 0 Å². The molecule has 7 nitrogen and oxygen atoms in total. The van der Waals surface area contributed by atoms with Gasteiger partial charge in [-0.1, -0.05) is 0 Å². The van der Waals surface area contributed by atoms with Crippen molar-refractivity contribution in [2.45, 2.75) is 13.0 Å². The van der Waals surface area contributed by atoms with Gasteiger partial charge >= 0.3 is 11.8 Å². The number of carbonyl (C=O) groups excluding carboxylic acids is 1. The maximum absolute atomic E-state index is 11.1. The standard InChI is InChI=1S/C7H9N3O4/c1-5(7(11)14-2)9-3-6(8-4-9)10(12)13/h3-5H,1-2H3. The van der Waals surface area contributed by atoms with Gasteiger partial charge in [-0.3, -0.25) is 4.57 Å². The van der Waals surface area contributed by atoms with E-state index in [1.165, 1.54) is 24.2 Å². The van der Waals surface area contributed by atoms with Crippen LogP contribution in [0.25, 0.3) is 0 Å². The molecule has 1 aromatic heterocycles. The number of hydrogen-bond donors (Lipinski definition) is 0. The zero-order chi connectivity index (χ0) is 10.7. The number of aromatic nitrogens is 2. The van der Waals surface area contributed by atoms with Gasteiger partial charge in [0.05, 0.1) is 7.11 Å². The van der Waals surface area contributed by atoms with E-state index in [4.69, 9.17) is 0 Å². The topological polar surface area (TPSA) is 87.3 Å². The third kappa shape index (κ3) is 1.87. The van der Waals surface area contributed by atoms with Gasteiger partial charge in [0, 0.05) is 0 Å². The number of hydrogen-bond acceptors (Lipinski definition) is 5. The van der Waals surface area contributed by atoms with Crippen molar-refractivity contribution in [1.82, 2.24) is 9.55 Å². The molecule has 1 atom stereocenters. The van der Waals surface area contributed by atoms with Gasteiger partial charge in [0.15, 0.2) is 0 Å². The van der Waals surface area contributed by atoms with E-state index < -0.39 is 16.9 Å². The second kappa shape index (κ2) is 3.86. The lowest BCUT2D eigenvalue weighted by atomic mass is 10.3. The summed E-state index contributed by atoms with van der Waals surface area (Å²) in [6.45, 7) is 1.57. The first kappa shape index (κ1) is 10.2. The molecular weight excluding hydrogens is 190 g/mol. The second-order valence-electron chi connectivity index (χ2n) is 2.64. The Labute approximate surface area is 79.5 Å². The van der Waals surface area contributed by atoms with Crippen LogP contribution in [0.1, 0.15) is 13.0 Å². The van der Waals surface area contributed by atoms with Gasteiger partial charge in [-0.25, -0.2) is 4.79 Å². The van der Waals surface area contributed by atoms with Crippen molar-refractivity contribution < 1.29 is 14.5 Å². The van der Waals surface area contributed by atoms with E-state index in [1.54, 1.807) is 6.92 Å². The molecule has 0 saturated carbocycles. The zero-order valence-corrected chi connectivity index (χ0v) is 7.71. The highest BCUT2D eigenvalue weighted by molar-refractivity contribution is 5.73. The molecule has 0 amide bonds. The Balaban J connectivity index is 2.86. The number of rotatable bonds is 3. The van der Waals surface area contributed by atoms with Crippen LogP contribution < -0.4 is 0 Å². The van der Waals surface area contributed by atoms with Crippen LogP contribution >= 0.6 is 0 Å². The summed E-state index contributed by atoms with van der Waals surface area (Å²) in [7, 11) is 1.25. The molecule has 76 valence electrons. The number of imidazole rings is 1. The maximum atomic E-state index is 11.1. The quantitative estimate of drug-likeness (QED) is 0.402. The van der Waals surface area contributed by atoms with Crippen molar-refractivity contribution in [2.24, 2.45) is 0 Å². The minimum Gasteiger partial charge on any atom is -0.467 e. The molecule has 0 spiro atoms. The third-order valence-corrected chi connectivity index (χ3v) is 1.76. The molecule has 0 aliphatic rings. The number of esters is 1. The van der Waals surface area contributed by atoms with Crippen LogP contribution in [-0.2, 0) is 9.53 Å². The fourth-order valence-corrected chi connectivity index (χ4v) is 0.924. The smallest absolute Gasteiger partial charge is 0.381 e. The van der Waals surface area contributed by atoms with Crippen molar-refractivity contribution >= 4 is 11.8 Å². The maximum Gasteiger partial charge on any atom is 0.381 e. The lowest BCUT2D eigenvalue weighted by Gasteiger charge is -2.07. The van der Waals surface area contributed by atoms with Crippen molar-refractivity contribution in [3.63, 3.8) is 0 Å². The molecule has 0 aliphatic heterocycles. The van der Waals surface area contributed by atoms with E-state index in [0.29, 0.717) is 0 Å². The molecule has 1 unspecified atom stereocenters. The van der Waals surface area contributed by atoms with E-state index in [0.717, 1.165) is 0 Å². The first-order valence-electron chi connectivity index (χ1n) is 3.82. The summed E-state index contributed by atoms with van der Waals surface area (Å²) < 4.78 is 5.80. The molecule has 0 aliphatic carbocycles. The fraction of sp³-hybridized carbons (Fsp3) is 0.429. The van der Waals surface area contributed by atoms with E-state index in [1.807, 2.05) is 0 Å². The lowest BCUT2D eigenvalue weighted by Crippen LogP contribution is -2.16. The zero-order valence-electron chi connectivity index (χ0n) is 7.71. The summed E-state index contributed by atoms with van der Waals surface area (Å²) in [5.41, 5.74) is 0. The fourth-order valence-electron chi connectivity index (χ4n) is 0.924. The molecule has 1 rings (SSSR count). The highest BCUT2D eigenvalue weighted by Gasteiger charge is 2.19. The Morgan fingerprint density at radius 3 is 2.86 bits per heavy atom. The van der Waals surface area contributed by atoms with Crippen LogP contribution in [0.5, 0.6) is 0 Å². The van der Waals surface area contributed by atoms with Crippen LogP contribution in [0, 0.1) is 10.1 Å². The Morgan fingerprint density at radius 1 is 1.79 bits per heavy atom. The Kier molecular flexibility index (Phi) is 2.80. The highest BCUT2D eigenvalue weighted by atomic mass is 16.6. The average Bonchev–Trinajstić information content (AvgIpc) is 2.64. The molecule has 0 radical (unpaired) electrons. The molecule has 14 heavy (non-hydrogen) atoms. The van der Waals surface area contributed by atoms with Gasteiger partial charge in [-0.05, 0) is 16.8 Å². The van der Waals surface area contributed by atoms with E-state index in [2.05, 4.69) is 9.72 Å². The second-order valence-corrected chi connectivity index (χ2v) is 2.64. The van der Waals surface area contributed by atoms with E-state index in [9.17, 15) is 14.9 Å². The molecular formula is C7H9N3O4. The molecule has 0 saturated heterocycles. The first-order valence-corrected chi connectivity index (χ1v) is 3.82. The van der Waals surface area contributed by atoms with Crippen molar-refractivity contribution in [3.8, 4) is 0 Å². The molecule has 7 heteroatoms. The largest absolute Gasteiger partial charge is 0.467 e. The predicted molar refractivity (Wildman–Crippen MR) is 45.6 cm³/mol. The van der Waals surface area contributed by atoms with Gasteiger partial charge < -0.3 is 14.9 Å². The summed E-state index contributed by atoms with van der Waals surface area (Å²) in [5, 5.41) is 10.3. The van der Waals surface area contributed by atoms with Gasteiger partial charge in [0.25, 0.3) is 0 Å². The minimum atomic E-state index is -0.625. The summed E-state index contributed by atoms with van der Waals surface area (Å²) in [6.07, 6.45) is 2.40.